The fourth-order valence-corrected chi connectivity index (χ4v) is 1.60. The molecule has 0 bridgehead atoms. The van der Waals surface area contributed by atoms with Gasteiger partial charge in [-0.2, -0.15) is 0 Å². The highest BCUT2D eigenvalue weighted by Crippen LogP contribution is 2.06. The van der Waals surface area contributed by atoms with Crippen LogP contribution in [0.15, 0.2) is 55.5 Å². The summed E-state index contributed by atoms with van der Waals surface area (Å²) in [6.07, 6.45) is 6.80. The fraction of sp³-hybridized carbons (Fsp3) is 0.133. The molecular weight excluding hydrogens is 252 g/mol. The van der Waals surface area contributed by atoms with Gasteiger partial charge < -0.3 is 10.6 Å². The highest BCUT2D eigenvalue weighted by molar-refractivity contribution is 5.92. The molecule has 2 aromatic heterocycles. The molecule has 0 atom stereocenters. The Morgan fingerprint density at radius 3 is 2.85 bits per heavy atom. The van der Waals surface area contributed by atoms with Gasteiger partial charge in [0.05, 0.1) is 11.9 Å². The molecule has 102 valence electrons. The second-order valence-electron chi connectivity index (χ2n) is 4.15. The molecule has 2 N–H and O–H groups in total. The van der Waals surface area contributed by atoms with Crippen LogP contribution in [0.2, 0.25) is 0 Å². The first-order chi connectivity index (χ1) is 9.79. The number of hydrogen-bond acceptors (Lipinski definition) is 4. The van der Waals surface area contributed by atoms with Gasteiger partial charge in [0.25, 0.3) is 5.91 Å². The molecule has 2 rings (SSSR count). The molecule has 0 aliphatic rings. The molecule has 0 saturated heterocycles. The monoisotopic (exact) mass is 268 g/mol. The van der Waals surface area contributed by atoms with Gasteiger partial charge in [-0.05, 0) is 23.8 Å². The van der Waals surface area contributed by atoms with E-state index in [0.29, 0.717) is 18.8 Å². The first-order valence-electron chi connectivity index (χ1n) is 6.27. The van der Waals surface area contributed by atoms with E-state index in [0.717, 1.165) is 11.3 Å². The molecule has 5 heteroatoms. The lowest BCUT2D eigenvalue weighted by Gasteiger charge is -2.06. The van der Waals surface area contributed by atoms with Crippen molar-refractivity contribution in [1.82, 2.24) is 15.3 Å². The van der Waals surface area contributed by atoms with Gasteiger partial charge in [0.2, 0.25) is 0 Å². The minimum Gasteiger partial charge on any atom is -0.380 e. The first kappa shape index (κ1) is 13.7. The average Bonchev–Trinajstić information content (AvgIpc) is 2.52. The molecule has 0 radical (unpaired) electrons. The molecule has 0 fully saturated rings. The lowest BCUT2D eigenvalue weighted by Crippen LogP contribution is -2.23. The zero-order valence-electron chi connectivity index (χ0n) is 11.0. The number of pyridine rings is 2. The van der Waals surface area contributed by atoms with Crippen molar-refractivity contribution >= 4 is 11.6 Å². The van der Waals surface area contributed by atoms with Crippen LogP contribution >= 0.6 is 0 Å². The van der Waals surface area contributed by atoms with Crippen LogP contribution in [-0.2, 0) is 6.54 Å². The molecule has 5 nitrogen and oxygen atoms in total. The van der Waals surface area contributed by atoms with Gasteiger partial charge in [0.1, 0.15) is 5.69 Å². The minimum atomic E-state index is -0.205. The van der Waals surface area contributed by atoms with E-state index in [-0.39, 0.29) is 5.91 Å². The number of anilines is 1. The van der Waals surface area contributed by atoms with E-state index in [4.69, 9.17) is 0 Å². The molecule has 0 unspecified atom stereocenters. The molecule has 0 aliphatic heterocycles. The predicted molar refractivity (Wildman–Crippen MR) is 78.3 cm³/mol. The van der Waals surface area contributed by atoms with Crippen LogP contribution in [0.1, 0.15) is 16.1 Å². The summed E-state index contributed by atoms with van der Waals surface area (Å²) in [5.74, 6) is -0.205. The van der Waals surface area contributed by atoms with Crippen molar-refractivity contribution in [2.24, 2.45) is 0 Å². The van der Waals surface area contributed by atoms with E-state index in [2.05, 4.69) is 27.2 Å². The van der Waals surface area contributed by atoms with E-state index >= 15 is 0 Å². The topological polar surface area (TPSA) is 66.9 Å². The Labute approximate surface area is 117 Å². The SMILES string of the molecule is C=CCNc1ccc(C(=O)NCc2cccnc2)nc1. The Bertz CT molecular complexity index is 566. The van der Waals surface area contributed by atoms with Crippen LogP contribution in [-0.4, -0.2) is 22.4 Å². The standard InChI is InChI=1S/C15H16N4O/c1-2-7-17-13-5-6-14(18-11-13)15(20)19-10-12-4-3-8-16-9-12/h2-6,8-9,11,17H,1,7,10H2,(H,19,20). The Kier molecular flexibility index (Phi) is 4.83. The summed E-state index contributed by atoms with van der Waals surface area (Å²) in [7, 11) is 0. The lowest BCUT2D eigenvalue weighted by atomic mass is 10.2. The number of nitrogens with one attached hydrogen (secondary N) is 2. The van der Waals surface area contributed by atoms with Crippen molar-refractivity contribution in [1.29, 1.82) is 0 Å². The summed E-state index contributed by atoms with van der Waals surface area (Å²) in [5, 5.41) is 5.90. The quantitative estimate of drug-likeness (QED) is 0.786. The van der Waals surface area contributed by atoms with Crippen LogP contribution in [0, 0.1) is 0 Å². The van der Waals surface area contributed by atoms with Crippen LogP contribution < -0.4 is 10.6 Å². The molecular formula is C15H16N4O. The zero-order valence-corrected chi connectivity index (χ0v) is 11.0. The average molecular weight is 268 g/mol. The largest absolute Gasteiger partial charge is 0.380 e. The maximum absolute atomic E-state index is 11.9. The highest BCUT2D eigenvalue weighted by Gasteiger charge is 2.06. The Hall–Kier alpha value is -2.69. The van der Waals surface area contributed by atoms with Crippen LogP contribution in [0.25, 0.3) is 0 Å². The van der Waals surface area contributed by atoms with Crippen molar-refractivity contribution in [3.8, 4) is 0 Å². The van der Waals surface area contributed by atoms with E-state index < -0.39 is 0 Å². The molecule has 0 aromatic carbocycles. The van der Waals surface area contributed by atoms with Crippen molar-refractivity contribution in [2.45, 2.75) is 6.54 Å². The second kappa shape index (κ2) is 7.04. The molecule has 1 amide bonds. The maximum atomic E-state index is 11.9. The van der Waals surface area contributed by atoms with Crippen LogP contribution in [0.5, 0.6) is 0 Å². The fourth-order valence-electron chi connectivity index (χ4n) is 1.60. The number of amides is 1. The Balaban J connectivity index is 1.90. The number of nitrogens with zero attached hydrogens (tertiary/aromatic N) is 2. The molecule has 0 aliphatic carbocycles. The number of hydrogen-bond donors (Lipinski definition) is 2. The van der Waals surface area contributed by atoms with E-state index in [1.807, 2.05) is 18.2 Å². The lowest BCUT2D eigenvalue weighted by molar-refractivity contribution is 0.0946. The predicted octanol–water partition coefficient (Wildman–Crippen LogP) is 2.00. The summed E-state index contributed by atoms with van der Waals surface area (Å²) in [6, 6.07) is 7.24. The summed E-state index contributed by atoms with van der Waals surface area (Å²) in [5.41, 5.74) is 2.19. The smallest absolute Gasteiger partial charge is 0.270 e. The zero-order chi connectivity index (χ0) is 14.2. The van der Waals surface area contributed by atoms with E-state index in [1.165, 1.54) is 0 Å². The number of rotatable bonds is 6. The Morgan fingerprint density at radius 2 is 2.20 bits per heavy atom. The van der Waals surface area contributed by atoms with Gasteiger partial charge in [-0.1, -0.05) is 12.1 Å². The van der Waals surface area contributed by atoms with Crippen molar-refractivity contribution in [3.05, 3.63) is 66.8 Å². The van der Waals surface area contributed by atoms with Crippen molar-refractivity contribution in [3.63, 3.8) is 0 Å². The normalized spacial score (nSPS) is 9.80. The van der Waals surface area contributed by atoms with Gasteiger partial charge in [-0.15, -0.1) is 6.58 Å². The van der Waals surface area contributed by atoms with E-state index in [1.54, 1.807) is 30.7 Å². The molecule has 0 saturated carbocycles. The number of carbonyl (C=O) groups excluding carboxylic acids is 1. The first-order valence-corrected chi connectivity index (χ1v) is 6.27. The Morgan fingerprint density at radius 1 is 1.30 bits per heavy atom. The van der Waals surface area contributed by atoms with E-state index in [9.17, 15) is 4.79 Å². The second-order valence-corrected chi connectivity index (χ2v) is 4.15. The number of aromatic nitrogens is 2. The summed E-state index contributed by atoms with van der Waals surface area (Å²) in [4.78, 5) is 20.0. The van der Waals surface area contributed by atoms with Crippen molar-refractivity contribution in [2.75, 3.05) is 11.9 Å². The minimum absolute atomic E-state index is 0.205. The third-order valence-electron chi connectivity index (χ3n) is 2.62. The molecule has 2 aromatic rings. The third-order valence-corrected chi connectivity index (χ3v) is 2.62. The van der Waals surface area contributed by atoms with Gasteiger partial charge in [0.15, 0.2) is 0 Å². The molecule has 20 heavy (non-hydrogen) atoms. The van der Waals surface area contributed by atoms with Gasteiger partial charge in [-0.3, -0.25) is 9.78 Å². The highest BCUT2D eigenvalue weighted by atomic mass is 16.1. The van der Waals surface area contributed by atoms with Gasteiger partial charge in [0, 0.05) is 25.5 Å². The van der Waals surface area contributed by atoms with Gasteiger partial charge in [-0.25, -0.2) is 4.98 Å². The van der Waals surface area contributed by atoms with Gasteiger partial charge >= 0.3 is 0 Å². The number of carbonyl (C=O) groups is 1. The molecule has 2 heterocycles. The summed E-state index contributed by atoms with van der Waals surface area (Å²) in [6.45, 7) is 4.72. The summed E-state index contributed by atoms with van der Waals surface area (Å²) >= 11 is 0. The van der Waals surface area contributed by atoms with Crippen LogP contribution in [0.3, 0.4) is 0 Å². The maximum Gasteiger partial charge on any atom is 0.270 e. The van der Waals surface area contributed by atoms with Crippen molar-refractivity contribution < 1.29 is 4.79 Å². The summed E-state index contributed by atoms with van der Waals surface area (Å²) < 4.78 is 0. The molecule has 0 spiro atoms. The van der Waals surface area contributed by atoms with Crippen LogP contribution in [0.4, 0.5) is 5.69 Å². The third kappa shape index (κ3) is 3.91.